The summed E-state index contributed by atoms with van der Waals surface area (Å²) in [5.74, 6) is -0.785. The van der Waals surface area contributed by atoms with E-state index in [1.165, 1.54) is 29.2 Å². The van der Waals surface area contributed by atoms with Crippen molar-refractivity contribution in [2.24, 2.45) is 0 Å². The zero-order valence-corrected chi connectivity index (χ0v) is 21.3. The molecular formula is C30H30FNO5. The normalized spacial score (nSPS) is 16.9. The lowest BCUT2D eigenvalue weighted by molar-refractivity contribution is -0.139. The van der Waals surface area contributed by atoms with Crippen molar-refractivity contribution in [2.45, 2.75) is 32.2 Å². The lowest BCUT2D eigenvalue weighted by atomic mass is 9.93. The monoisotopic (exact) mass is 503 g/mol. The molecule has 0 spiro atoms. The van der Waals surface area contributed by atoms with Crippen LogP contribution in [0.2, 0.25) is 0 Å². The number of rotatable bonds is 8. The zero-order chi connectivity index (χ0) is 26.7. The van der Waals surface area contributed by atoms with Crippen molar-refractivity contribution in [1.29, 1.82) is 0 Å². The molecule has 192 valence electrons. The first-order chi connectivity index (χ1) is 17.7. The molecule has 0 radical (unpaired) electrons. The highest BCUT2D eigenvalue weighted by Crippen LogP contribution is 2.40. The molecule has 1 atom stereocenters. The van der Waals surface area contributed by atoms with Crippen molar-refractivity contribution in [1.82, 2.24) is 4.90 Å². The van der Waals surface area contributed by atoms with Gasteiger partial charge >= 0.3 is 0 Å². The summed E-state index contributed by atoms with van der Waals surface area (Å²) in [4.78, 5) is 28.0. The van der Waals surface area contributed by atoms with Crippen molar-refractivity contribution < 1.29 is 28.6 Å². The Morgan fingerprint density at radius 2 is 1.59 bits per heavy atom. The SMILES string of the molecule is COc1ccc(CCN2C(=O)C(=O)C(=C(O)c3ccc(F)cc3)[C@@H]2c2ccc(C(C)C)cc2)cc1OC. The molecule has 0 aromatic heterocycles. The molecule has 1 fully saturated rings. The average molecular weight is 504 g/mol. The number of aliphatic hydroxyl groups is 1. The third-order valence-electron chi connectivity index (χ3n) is 6.67. The minimum atomic E-state index is -0.786. The highest BCUT2D eigenvalue weighted by molar-refractivity contribution is 6.46. The molecule has 1 aliphatic rings. The highest BCUT2D eigenvalue weighted by Gasteiger charge is 2.45. The minimum absolute atomic E-state index is 0.0128. The largest absolute Gasteiger partial charge is 0.507 e. The van der Waals surface area contributed by atoms with Gasteiger partial charge in [-0.05, 0) is 65.4 Å². The van der Waals surface area contributed by atoms with E-state index >= 15 is 0 Å². The van der Waals surface area contributed by atoms with Crippen LogP contribution in [0.15, 0.2) is 72.3 Å². The van der Waals surface area contributed by atoms with Crippen molar-refractivity contribution in [3.05, 3.63) is 100 Å². The van der Waals surface area contributed by atoms with E-state index in [1.54, 1.807) is 20.3 Å². The van der Waals surface area contributed by atoms with Crippen molar-refractivity contribution in [3.63, 3.8) is 0 Å². The van der Waals surface area contributed by atoms with Crippen LogP contribution in [0.1, 0.15) is 48.1 Å². The summed E-state index contributed by atoms with van der Waals surface area (Å²) in [5, 5.41) is 11.1. The maximum Gasteiger partial charge on any atom is 0.295 e. The van der Waals surface area contributed by atoms with Crippen LogP contribution >= 0.6 is 0 Å². The molecule has 1 saturated heterocycles. The number of carbonyl (C=O) groups excluding carboxylic acids is 2. The van der Waals surface area contributed by atoms with E-state index in [-0.39, 0.29) is 23.4 Å². The topological polar surface area (TPSA) is 76.1 Å². The van der Waals surface area contributed by atoms with Gasteiger partial charge in [-0.25, -0.2) is 4.39 Å². The first kappa shape index (κ1) is 25.9. The van der Waals surface area contributed by atoms with Crippen LogP contribution in [0.4, 0.5) is 4.39 Å². The summed E-state index contributed by atoms with van der Waals surface area (Å²) in [6.45, 7) is 4.40. The predicted molar refractivity (Wildman–Crippen MR) is 139 cm³/mol. The third-order valence-corrected chi connectivity index (χ3v) is 6.67. The number of hydrogen-bond acceptors (Lipinski definition) is 5. The molecule has 1 amide bonds. The van der Waals surface area contributed by atoms with E-state index in [4.69, 9.17) is 9.47 Å². The first-order valence-corrected chi connectivity index (χ1v) is 12.1. The van der Waals surface area contributed by atoms with Gasteiger partial charge < -0.3 is 19.5 Å². The number of ether oxygens (including phenoxy) is 2. The maximum absolute atomic E-state index is 13.5. The molecule has 4 rings (SSSR count). The standard InChI is InChI=1S/C30H30FNO5/c1-18(2)20-6-8-21(9-7-20)27-26(28(33)22-10-12-23(31)13-11-22)29(34)30(35)32(27)16-15-19-5-14-24(36-3)25(17-19)37-4/h5-14,17-18,27,33H,15-16H2,1-4H3/t27-/m0/s1. The van der Waals surface area contributed by atoms with E-state index in [0.717, 1.165) is 11.1 Å². The van der Waals surface area contributed by atoms with Crippen LogP contribution in [0.3, 0.4) is 0 Å². The fourth-order valence-electron chi connectivity index (χ4n) is 4.57. The van der Waals surface area contributed by atoms with Crippen LogP contribution in [-0.4, -0.2) is 42.5 Å². The third kappa shape index (κ3) is 5.21. The number of ketones is 1. The van der Waals surface area contributed by atoms with Gasteiger partial charge in [0.2, 0.25) is 0 Å². The number of nitrogens with zero attached hydrogens (tertiary/aromatic N) is 1. The van der Waals surface area contributed by atoms with Crippen LogP contribution in [0, 0.1) is 5.82 Å². The van der Waals surface area contributed by atoms with Crippen molar-refractivity contribution in [3.8, 4) is 11.5 Å². The van der Waals surface area contributed by atoms with E-state index in [9.17, 15) is 19.1 Å². The second-order valence-electron chi connectivity index (χ2n) is 9.26. The van der Waals surface area contributed by atoms with E-state index < -0.39 is 23.5 Å². The quantitative estimate of drug-likeness (QED) is 0.245. The van der Waals surface area contributed by atoms with E-state index in [0.29, 0.717) is 29.4 Å². The lowest BCUT2D eigenvalue weighted by Gasteiger charge is -2.26. The molecule has 1 heterocycles. The molecule has 0 bridgehead atoms. The Balaban J connectivity index is 1.75. The molecule has 1 aliphatic heterocycles. The smallest absolute Gasteiger partial charge is 0.295 e. The van der Waals surface area contributed by atoms with Crippen LogP contribution in [-0.2, 0) is 16.0 Å². The van der Waals surface area contributed by atoms with Gasteiger partial charge in [0.1, 0.15) is 11.6 Å². The fourth-order valence-corrected chi connectivity index (χ4v) is 4.57. The van der Waals surface area contributed by atoms with Gasteiger partial charge in [0.25, 0.3) is 11.7 Å². The van der Waals surface area contributed by atoms with Gasteiger partial charge in [-0.1, -0.05) is 44.2 Å². The summed E-state index contributed by atoms with van der Waals surface area (Å²) in [6.07, 6.45) is 0.449. The highest BCUT2D eigenvalue weighted by atomic mass is 19.1. The van der Waals surface area contributed by atoms with E-state index in [1.807, 2.05) is 36.4 Å². The first-order valence-electron chi connectivity index (χ1n) is 12.1. The van der Waals surface area contributed by atoms with Gasteiger partial charge in [-0.3, -0.25) is 9.59 Å². The number of amides is 1. The molecule has 1 N–H and O–H groups in total. The molecule has 0 aliphatic carbocycles. The molecule has 37 heavy (non-hydrogen) atoms. The Morgan fingerprint density at radius 1 is 0.946 bits per heavy atom. The number of Topliss-reactive ketones (excluding diaryl/α,β-unsaturated/α-hetero) is 1. The molecule has 0 saturated carbocycles. The van der Waals surface area contributed by atoms with Crippen LogP contribution in [0.5, 0.6) is 11.5 Å². The van der Waals surface area contributed by atoms with Crippen LogP contribution < -0.4 is 9.47 Å². The number of benzene rings is 3. The Labute approximate surface area is 215 Å². The number of aliphatic hydroxyl groups excluding tert-OH is 1. The van der Waals surface area contributed by atoms with Gasteiger partial charge in [0.05, 0.1) is 25.8 Å². The van der Waals surface area contributed by atoms with Crippen LogP contribution in [0.25, 0.3) is 5.76 Å². The summed E-state index contributed by atoms with van der Waals surface area (Å²) in [5.41, 5.74) is 2.97. The number of hydrogen-bond donors (Lipinski definition) is 1. The van der Waals surface area contributed by atoms with Gasteiger partial charge in [-0.15, -0.1) is 0 Å². The van der Waals surface area contributed by atoms with Gasteiger partial charge in [-0.2, -0.15) is 0 Å². The molecule has 3 aromatic carbocycles. The number of likely N-dealkylation sites (tertiary alicyclic amines) is 1. The lowest BCUT2D eigenvalue weighted by Crippen LogP contribution is -2.31. The Hall–Kier alpha value is -4.13. The molecule has 6 nitrogen and oxygen atoms in total. The summed E-state index contributed by atoms with van der Waals surface area (Å²) >= 11 is 0. The Bertz CT molecular complexity index is 1330. The average Bonchev–Trinajstić information content (AvgIpc) is 3.16. The summed E-state index contributed by atoms with van der Waals surface area (Å²) < 4.78 is 24.2. The van der Waals surface area contributed by atoms with Gasteiger partial charge in [0.15, 0.2) is 11.5 Å². The molecular weight excluding hydrogens is 473 g/mol. The summed E-state index contributed by atoms with van der Waals surface area (Å²) in [6, 6.07) is 17.6. The summed E-state index contributed by atoms with van der Waals surface area (Å²) in [7, 11) is 3.11. The molecule has 0 unspecified atom stereocenters. The number of carbonyl (C=O) groups is 2. The predicted octanol–water partition coefficient (Wildman–Crippen LogP) is 5.63. The number of halogens is 1. The molecule has 7 heteroatoms. The second-order valence-corrected chi connectivity index (χ2v) is 9.26. The number of methoxy groups -OCH3 is 2. The van der Waals surface area contributed by atoms with Gasteiger partial charge in [0, 0.05) is 12.1 Å². The Morgan fingerprint density at radius 3 is 2.19 bits per heavy atom. The minimum Gasteiger partial charge on any atom is -0.507 e. The Kier molecular flexibility index (Phi) is 7.62. The van der Waals surface area contributed by atoms with Crippen molar-refractivity contribution in [2.75, 3.05) is 20.8 Å². The molecule has 3 aromatic rings. The second kappa shape index (κ2) is 10.9. The fraction of sp³-hybridized carbons (Fsp3) is 0.267. The zero-order valence-electron chi connectivity index (χ0n) is 21.3. The van der Waals surface area contributed by atoms with Crippen molar-refractivity contribution >= 4 is 17.4 Å². The van der Waals surface area contributed by atoms with E-state index in [2.05, 4.69) is 13.8 Å². The maximum atomic E-state index is 13.5.